The average molecular weight is 453 g/mol. The van der Waals surface area contributed by atoms with Crippen LogP contribution in [0.15, 0.2) is 72.4 Å². The number of amides is 2. The number of carbonyl (C=O) groups excluding carboxylic acids is 2. The van der Waals surface area contributed by atoms with Crippen LogP contribution in [0, 0.1) is 5.82 Å². The van der Waals surface area contributed by atoms with Crippen molar-refractivity contribution in [2.45, 2.75) is 0 Å². The zero-order valence-corrected chi connectivity index (χ0v) is 17.9. The van der Waals surface area contributed by atoms with Crippen LogP contribution in [0.3, 0.4) is 0 Å². The Hall–Kier alpha value is -3.84. The van der Waals surface area contributed by atoms with Crippen molar-refractivity contribution in [1.29, 1.82) is 0 Å². The predicted octanol–water partition coefficient (Wildman–Crippen LogP) is 4.89. The van der Waals surface area contributed by atoms with Crippen molar-refractivity contribution in [2.24, 2.45) is 0 Å². The lowest BCUT2D eigenvalue weighted by Gasteiger charge is -2.18. The SMILES string of the molecule is COc1ccc(NC2=C(c3ccc(F)cc3)C(=O)N(c3cc(Cl)ccc3OC)C2=O)cc1. The molecule has 0 bridgehead atoms. The van der Waals surface area contributed by atoms with Gasteiger partial charge in [0.25, 0.3) is 11.8 Å². The number of anilines is 2. The molecular formula is C24H18ClFN2O4. The highest BCUT2D eigenvalue weighted by atomic mass is 35.5. The van der Waals surface area contributed by atoms with Crippen molar-refractivity contribution in [3.8, 4) is 11.5 Å². The number of methoxy groups -OCH3 is 2. The Morgan fingerprint density at radius 2 is 1.56 bits per heavy atom. The zero-order valence-electron chi connectivity index (χ0n) is 17.2. The van der Waals surface area contributed by atoms with Gasteiger partial charge in [-0.2, -0.15) is 0 Å². The van der Waals surface area contributed by atoms with Crippen LogP contribution in [-0.4, -0.2) is 26.0 Å². The zero-order chi connectivity index (χ0) is 22.8. The standard InChI is InChI=1S/C24H18ClFN2O4/c1-31-18-10-8-17(9-11-18)27-22-21(14-3-6-16(26)7-4-14)23(29)28(24(22)30)19-13-15(25)5-12-20(19)32-2/h3-13,27H,1-2H3. The van der Waals surface area contributed by atoms with Gasteiger partial charge in [0.15, 0.2) is 0 Å². The number of halogens is 2. The molecule has 2 amide bonds. The number of imide groups is 1. The molecule has 0 unspecified atom stereocenters. The molecule has 0 spiro atoms. The van der Waals surface area contributed by atoms with Gasteiger partial charge in [0.2, 0.25) is 0 Å². The lowest BCUT2D eigenvalue weighted by Crippen LogP contribution is -2.32. The van der Waals surface area contributed by atoms with Gasteiger partial charge < -0.3 is 14.8 Å². The van der Waals surface area contributed by atoms with Gasteiger partial charge in [-0.05, 0) is 60.2 Å². The number of ether oxygens (including phenoxy) is 2. The van der Waals surface area contributed by atoms with E-state index < -0.39 is 17.6 Å². The van der Waals surface area contributed by atoms with E-state index in [9.17, 15) is 14.0 Å². The second-order valence-electron chi connectivity index (χ2n) is 6.87. The second kappa shape index (κ2) is 8.72. The van der Waals surface area contributed by atoms with Crippen LogP contribution in [0.1, 0.15) is 5.56 Å². The first kappa shape index (κ1) is 21.4. The third-order valence-electron chi connectivity index (χ3n) is 4.96. The molecule has 1 heterocycles. The Kier molecular flexibility index (Phi) is 5.83. The van der Waals surface area contributed by atoms with E-state index in [1.165, 1.54) is 37.4 Å². The Morgan fingerprint density at radius 3 is 2.19 bits per heavy atom. The third-order valence-corrected chi connectivity index (χ3v) is 5.19. The van der Waals surface area contributed by atoms with E-state index in [2.05, 4.69) is 5.32 Å². The average Bonchev–Trinajstić information content (AvgIpc) is 3.04. The van der Waals surface area contributed by atoms with E-state index in [4.69, 9.17) is 21.1 Å². The maximum Gasteiger partial charge on any atom is 0.282 e. The molecule has 3 aromatic rings. The summed E-state index contributed by atoms with van der Waals surface area (Å²) in [6.07, 6.45) is 0. The first-order valence-corrected chi connectivity index (χ1v) is 9.94. The number of carbonyl (C=O) groups is 2. The summed E-state index contributed by atoms with van der Waals surface area (Å²) in [6, 6.07) is 16.9. The fraction of sp³-hybridized carbons (Fsp3) is 0.0833. The summed E-state index contributed by atoms with van der Waals surface area (Å²) >= 11 is 6.13. The van der Waals surface area contributed by atoms with Crippen LogP contribution in [0.25, 0.3) is 5.57 Å². The van der Waals surface area contributed by atoms with Gasteiger partial charge >= 0.3 is 0 Å². The van der Waals surface area contributed by atoms with Crippen molar-refractivity contribution >= 4 is 40.4 Å². The molecule has 3 aromatic carbocycles. The molecule has 162 valence electrons. The van der Waals surface area contributed by atoms with Gasteiger partial charge in [-0.25, -0.2) is 9.29 Å². The lowest BCUT2D eigenvalue weighted by atomic mass is 10.0. The first-order chi connectivity index (χ1) is 15.4. The van der Waals surface area contributed by atoms with Crippen LogP contribution in [-0.2, 0) is 9.59 Å². The summed E-state index contributed by atoms with van der Waals surface area (Å²) in [5, 5.41) is 3.37. The molecule has 0 fully saturated rings. The van der Waals surface area contributed by atoms with Gasteiger partial charge in [-0.3, -0.25) is 9.59 Å². The summed E-state index contributed by atoms with van der Waals surface area (Å²) in [4.78, 5) is 27.9. The number of nitrogens with zero attached hydrogens (tertiary/aromatic N) is 1. The monoisotopic (exact) mass is 452 g/mol. The summed E-state index contributed by atoms with van der Waals surface area (Å²) in [7, 11) is 2.98. The molecule has 1 aliphatic rings. The number of rotatable bonds is 6. The number of hydrogen-bond donors (Lipinski definition) is 1. The van der Waals surface area contributed by atoms with Crippen LogP contribution in [0.2, 0.25) is 5.02 Å². The normalized spacial score (nSPS) is 13.6. The van der Waals surface area contributed by atoms with E-state index >= 15 is 0 Å². The number of benzene rings is 3. The fourth-order valence-corrected chi connectivity index (χ4v) is 3.57. The Bertz CT molecular complexity index is 1220. The molecule has 6 nitrogen and oxygen atoms in total. The van der Waals surface area contributed by atoms with Gasteiger partial charge in [0, 0.05) is 10.7 Å². The molecule has 4 rings (SSSR count). The van der Waals surface area contributed by atoms with E-state index in [0.29, 0.717) is 27.8 Å². The topological polar surface area (TPSA) is 67.9 Å². The van der Waals surface area contributed by atoms with E-state index in [0.717, 1.165) is 4.90 Å². The molecule has 0 radical (unpaired) electrons. The fourth-order valence-electron chi connectivity index (χ4n) is 3.41. The third kappa shape index (κ3) is 3.90. The Balaban J connectivity index is 1.83. The Morgan fingerprint density at radius 1 is 0.875 bits per heavy atom. The molecule has 0 saturated carbocycles. The molecule has 1 N–H and O–H groups in total. The van der Waals surface area contributed by atoms with Crippen molar-refractivity contribution in [3.05, 3.63) is 88.8 Å². The van der Waals surface area contributed by atoms with Crippen LogP contribution < -0.4 is 19.7 Å². The minimum Gasteiger partial charge on any atom is -0.497 e. The van der Waals surface area contributed by atoms with E-state index in [1.807, 2.05) is 0 Å². The first-order valence-electron chi connectivity index (χ1n) is 9.56. The van der Waals surface area contributed by atoms with Crippen molar-refractivity contribution in [2.75, 3.05) is 24.4 Å². The predicted molar refractivity (Wildman–Crippen MR) is 120 cm³/mol. The van der Waals surface area contributed by atoms with Gasteiger partial charge in [-0.15, -0.1) is 0 Å². The van der Waals surface area contributed by atoms with Crippen LogP contribution in [0.5, 0.6) is 11.5 Å². The molecular weight excluding hydrogens is 435 g/mol. The minimum absolute atomic E-state index is 0.0498. The molecule has 0 aliphatic carbocycles. The number of hydrogen-bond acceptors (Lipinski definition) is 5. The summed E-state index contributed by atoms with van der Waals surface area (Å²) < 4.78 is 24.0. The quantitative estimate of drug-likeness (QED) is 0.539. The molecule has 0 saturated heterocycles. The number of nitrogens with one attached hydrogen (secondary N) is 1. The van der Waals surface area contributed by atoms with E-state index in [1.54, 1.807) is 43.5 Å². The highest BCUT2D eigenvalue weighted by Crippen LogP contribution is 2.39. The Labute approximate surface area is 188 Å². The maximum atomic E-state index is 13.5. The molecule has 1 aliphatic heterocycles. The van der Waals surface area contributed by atoms with Crippen molar-refractivity contribution in [3.63, 3.8) is 0 Å². The molecule has 0 aromatic heterocycles. The van der Waals surface area contributed by atoms with Gasteiger partial charge in [-0.1, -0.05) is 23.7 Å². The molecule has 8 heteroatoms. The highest BCUT2D eigenvalue weighted by Gasteiger charge is 2.41. The summed E-state index contributed by atoms with van der Waals surface area (Å²) in [5.41, 5.74) is 1.33. The second-order valence-corrected chi connectivity index (χ2v) is 7.31. The molecule has 0 atom stereocenters. The smallest absolute Gasteiger partial charge is 0.282 e. The van der Waals surface area contributed by atoms with Crippen molar-refractivity contribution in [1.82, 2.24) is 0 Å². The van der Waals surface area contributed by atoms with Gasteiger partial charge in [0.05, 0.1) is 25.5 Å². The summed E-state index contributed by atoms with van der Waals surface area (Å²) in [5.74, 6) is -0.685. The maximum absolute atomic E-state index is 13.5. The molecule has 32 heavy (non-hydrogen) atoms. The van der Waals surface area contributed by atoms with Crippen molar-refractivity contribution < 1.29 is 23.5 Å². The van der Waals surface area contributed by atoms with Gasteiger partial charge in [0.1, 0.15) is 23.0 Å². The minimum atomic E-state index is -0.592. The summed E-state index contributed by atoms with van der Waals surface area (Å²) in [6.45, 7) is 0. The van der Waals surface area contributed by atoms with E-state index in [-0.39, 0.29) is 17.0 Å². The largest absolute Gasteiger partial charge is 0.497 e. The highest BCUT2D eigenvalue weighted by molar-refractivity contribution is 6.46. The van der Waals surface area contributed by atoms with Crippen LogP contribution >= 0.6 is 11.6 Å². The lowest BCUT2D eigenvalue weighted by molar-refractivity contribution is -0.120. The van der Waals surface area contributed by atoms with Crippen LogP contribution in [0.4, 0.5) is 15.8 Å².